The molecule has 1 aromatic carbocycles. The Hall–Kier alpha value is -1.13. The molecule has 1 rings (SSSR count). The summed E-state index contributed by atoms with van der Waals surface area (Å²) in [5.74, 6) is 0.162. The van der Waals surface area contributed by atoms with E-state index in [-0.39, 0.29) is 18.3 Å². The molecule has 0 radical (unpaired) electrons. The molecule has 5 heteroatoms. The van der Waals surface area contributed by atoms with Crippen LogP contribution in [0.3, 0.4) is 0 Å². The lowest BCUT2D eigenvalue weighted by Gasteiger charge is -2.17. The van der Waals surface area contributed by atoms with Crippen molar-refractivity contribution in [3.8, 4) is 0 Å². The summed E-state index contributed by atoms with van der Waals surface area (Å²) < 4.78 is 13.6. The van der Waals surface area contributed by atoms with Crippen LogP contribution in [0.15, 0.2) is 18.2 Å². The molecule has 0 bridgehead atoms. The highest BCUT2D eigenvalue weighted by Gasteiger charge is 2.12. The first kappa shape index (κ1) is 16.9. The van der Waals surface area contributed by atoms with Gasteiger partial charge in [-0.2, -0.15) is 0 Å². The summed E-state index contributed by atoms with van der Waals surface area (Å²) in [6.07, 6.45) is 0.953. The van der Waals surface area contributed by atoms with Crippen molar-refractivity contribution >= 4 is 17.5 Å². The molecule has 112 valence electrons. The van der Waals surface area contributed by atoms with Gasteiger partial charge in [0.05, 0.1) is 6.54 Å². The van der Waals surface area contributed by atoms with Gasteiger partial charge in [0.2, 0.25) is 5.91 Å². The molecule has 0 heterocycles. The number of halogens is 2. The van der Waals surface area contributed by atoms with Crippen molar-refractivity contribution in [2.75, 3.05) is 20.1 Å². The Bertz CT molecular complexity index is 431. The van der Waals surface area contributed by atoms with Gasteiger partial charge in [0.1, 0.15) is 5.82 Å². The zero-order valence-electron chi connectivity index (χ0n) is 12.2. The molecule has 0 saturated heterocycles. The number of rotatable bonds is 7. The first-order chi connectivity index (χ1) is 9.40. The predicted molar refractivity (Wildman–Crippen MR) is 80.2 cm³/mol. The van der Waals surface area contributed by atoms with E-state index in [0.717, 1.165) is 6.42 Å². The van der Waals surface area contributed by atoms with E-state index in [1.54, 1.807) is 24.1 Å². The molecule has 0 aliphatic heterocycles. The molecule has 0 atom stereocenters. The first-order valence-corrected chi connectivity index (χ1v) is 7.16. The van der Waals surface area contributed by atoms with Crippen LogP contribution in [-0.4, -0.2) is 30.9 Å². The van der Waals surface area contributed by atoms with Crippen molar-refractivity contribution in [2.24, 2.45) is 5.92 Å². The average Bonchev–Trinajstić information content (AvgIpc) is 2.33. The lowest BCUT2D eigenvalue weighted by molar-refractivity contribution is -0.122. The van der Waals surface area contributed by atoms with Crippen molar-refractivity contribution < 1.29 is 9.18 Å². The minimum Gasteiger partial charge on any atom is -0.355 e. The number of carbonyl (C=O) groups excluding carboxylic acids is 1. The minimum absolute atomic E-state index is 0.0550. The second-order valence-corrected chi connectivity index (χ2v) is 5.81. The van der Waals surface area contributed by atoms with Crippen LogP contribution in [0, 0.1) is 11.7 Å². The van der Waals surface area contributed by atoms with Gasteiger partial charge in [-0.1, -0.05) is 31.5 Å². The largest absolute Gasteiger partial charge is 0.355 e. The van der Waals surface area contributed by atoms with Gasteiger partial charge in [0, 0.05) is 23.7 Å². The predicted octanol–water partition coefficient (Wildman–Crippen LogP) is 3.07. The van der Waals surface area contributed by atoms with Crippen molar-refractivity contribution in [2.45, 2.75) is 26.8 Å². The number of benzene rings is 1. The summed E-state index contributed by atoms with van der Waals surface area (Å²) in [6, 6.07) is 4.59. The molecule has 1 aromatic rings. The zero-order valence-corrected chi connectivity index (χ0v) is 13.0. The third-order valence-electron chi connectivity index (χ3n) is 2.95. The molecule has 1 amide bonds. The van der Waals surface area contributed by atoms with Gasteiger partial charge in [-0.3, -0.25) is 9.69 Å². The Morgan fingerprint density at radius 2 is 2.15 bits per heavy atom. The summed E-state index contributed by atoms with van der Waals surface area (Å²) in [5, 5.41) is 3.24. The number of hydrogen-bond donors (Lipinski definition) is 1. The van der Waals surface area contributed by atoms with Gasteiger partial charge < -0.3 is 5.32 Å². The number of nitrogens with one attached hydrogen (secondary N) is 1. The van der Waals surface area contributed by atoms with Gasteiger partial charge in [-0.05, 0) is 31.5 Å². The Kier molecular flexibility index (Phi) is 6.96. The van der Waals surface area contributed by atoms with Crippen molar-refractivity contribution in [1.29, 1.82) is 0 Å². The first-order valence-electron chi connectivity index (χ1n) is 6.78. The van der Waals surface area contributed by atoms with Gasteiger partial charge in [-0.15, -0.1) is 0 Å². The fourth-order valence-corrected chi connectivity index (χ4v) is 2.03. The maximum absolute atomic E-state index is 13.6. The van der Waals surface area contributed by atoms with E-state index in [9.17, 15) is 9.18 Å². The molecule has 0 aliphatic rings. The van der Waals surface area contributed by atoms with E-state index in [2.05, 4.69) is 19.2 Å². The molecule has 0 aromatic heterocycles. The summed E-state index contributed by atoms with van der Waals surface area (Å²) in [6.45, 7) is 5.42. The second-order valence-electron chi connectivity index (χ2n) is 5.40. The molecule has 0 aliphatic carbocycles. The van der Waals surface area contributed by atoms with Crippen LogP contribution in [0.25, 0.3) is 0 Å². The quantitative estimate of drug-likeness (QED) is 0.839. The van der Waals surface area contributed by atoms with Gasteiger partial charge in [0.15, 0.2) is 0 Å². The summed E-state index contributed by atoms with van der Waals surface area (Å²) in [7, 11) is 1.77. The highest BCUT2D eigenvalue weighted by atomic mass is 35.5. The Morgan fingerprint density at radius 3 is 2.75 bits per heavy atom. The summed E-state index contributed by atoms with van der Waals surface area (Å²) in [4.78, 5) is 13.5. The van der Waals surface area contributed by atoms with Crippen molar-refractivity contribution in [3.05, 3.63) is 34.6 Å². The molecular weight excluding hydrogens is 279 g/mol. The fourth-order valence-electron chi connectivity index (χ4n) is 1.81. The summed E-state index contributed by atoms with van der Waals surface area (Å²) in [5.41, 5.74) is 0.423. The Balaban J connectivity index is 2.43. The lowest BCUT2D eigenvalue weighted by atomic mass is 10.1. The third kappa shape index (κ3) is 5.88. The number of hydrogen-bond acceptors (Lipinski definition) is 2. The zero-order chi connectivity index (χ0) is 15.1. The Morgan fingerprint density at radius 1 is 1.45 bits per heavy atom. The molecule has 0 fully saturated rings. The normalized spacial score (nSPS) is 11.2. The molecule has 3 nitrogen and oxygen atoms in total. The molecule has 0 saturated carbocycles. The number of carbonyl (C=O) groups is 1. The molecular formula is C15H22ClFN2O. The molecule has 0 unspecified atom stereocenters. The van der Waals surface area contributed by atoms with Crippen molar-refractivity contribution in [1.82, 2.24) is 10.2 Å². The number of nitrogens with zero attached hydrogens (tertiary/aromatic N) is 1. The third-order valence-corrected chi connectivity index (χ3v) is 3.30. The summed E-state index contributed by atoms with van der Waals surface area (Å²) >= 11 is 5.96. The maximum atomic E-state index is 13.6. The SMILES string of the molecule is CC(C)CCNC(=O)CN(C)Cc1c(F)cccc1Cl. The van der Waals surface area contributed by atoms with E-state index in [1.807, 2.05) is 0 Å². The van der Waals surface area contributed by atoms with E-state index in [4.69, 9.17) is 11.6 Å². The van der Waals surface area contributed by atoms with Crippen molar-refractivity contribution in [3.63, 3.8) is 0 Å². The minimum atomic E-state index is -0.343. The molecule has 20 heavy (non-hydrogen) atoms. The molecule has 1 N–H and O–H groups in total. The van der Waals surface area contributed by atoms with Gasteiger partial charge in [0.25, 0.3) is 0 Å². The number of likely N-dealkylation sites (N-methyl/N-ethyl adjacent to an activating group) is 1. The topological polar surface area (TPSA) is 32.3 Å². The van der Waals surface area contributed by atoms with Crippen LogP contribution in [-0.2, 0) is 11.3 Å². The highest BCUT2D eigenvalue weighted by Crippen LogP contribution is 2.20. The molecule has 0 spiro atoms. The average molecular weight is 301 g/mol. The van der Waals surface area contributed by atoms with Gasteiger partial charge in [-0.25, -0.2) is 4.39 Å². The smallest absolute Gasteiger partial charge is 0.234 e. The van der Waals surface area contributed by atoms with Crippen LogP contribution in [0.1, 0.15) is 25.8 Å². The van der Waals surface area contributed by atoms with Crippen LogP contribution < -0.4 is 5.32 Å². The van der Waals surface area contributed by atoms with E-state index in [1.165, 1.54) is 6.07 Å². The van der Waals surface area contributed by atoms with E-state index >= 15 is 0 Å². The standard InChI is InChI=1S/C15H22ClFN2O/c1-11(2)7-8-18-15(20)10-19(3)9-12-13(16)5-4-6-14(12)17/h4-6,11H,7-10H2,1-3H3,(H,18,20). The number of amides is 1. The maximum Gasteiger partial charge on any atom is 0.234 e. The van der Waals surface area contributed by atoms with E-state index in [0.29, 0.717) is 29.6 Å². The highest BCUT2D eigenvalue weighted by molar-refractivity contribution is 6.31. The van der Waals surface area contributed by atoms with Crippen LogP contribution >= 0.6 is 11.6 Å². The van der Waals surface area contributed by atoms with Crippen LogP contribution in [0.5, 0.6) is 0 Å². The lowest BCUT2D eigenvalue weighted by Crippen LogP contribution is -2.35. The van der Waals surface area contributed by atoms with Crippen LogP contribution in [0.4, 0.5) is 4.39 Å². The van der Waals surface area contributed by atoms with Gasteiger partial charge >= 0.3 is 0 Å². The monoisotopic (exact) mass is 300 g/mol. The Labute approximate surface area is 125 Å². The van der Waals surface area contributed by atoms with E-state index < -0.39 is 0 Å². The van der Waals surface area contributed by atoms with Crippen LogP contribution in [0.2, 0.25) is 5.02 Å². The second kappa shape index (κ2) is 8.22. The fraction of sp³-hybridized carbons (Fsp3) is 0.533.